The number of nitrogens with one attached hydrogen (secondary N) is 1. The van der Waals surface area contributed by atoms with Crippen LogP contribution in [-0.4, -0.2) is 22.7 Å². The van der Waals surface area contributed by atoms with Crippen molar-refractivity contribution in [3.05, 3.63) is 0 Å². The fourth-order valence-electron chi connectivity index (χ4n) is 5.05. The Hall–Kier alpha value is -0.570. The average molecular weight is 267 g/mol. The Morgan fingerprint density at radius 2 is 1.79 bits per heavy atom. The Morgan fingerprint density at radius 3 is 2.37 bits per heavy atom. The van der Waals surface area contributed by atoms with Crippen molar-refractivity contribution in [3.8, 4) is 0 Å². The third kappa shape index (κ3) is 2.42. The molecular formula is C16H29NO2. The van der Waals surface area contributed by atoms with E-state index in [9.17, 15) is 9.90 Å². The van der Waals surface area contributed by atoms with Crippen LogP contribution in [0.15, 0.2) is 0 Å². The molecule has 2 aliphatic carbocycles. The van der Waals surface area contributed by atoms with Gasteiger partial charge in [0.1, 0.15) is 0 Å². The van der Waals surface area contributed by atoms with E-state index < -0.39 is 5.60 Å². The normalized spacial score (nSPS) is 45.4. The van der Waals surface area contributed by atoms with Crippen molar-refractivity contribution in [2.24, 2.45) is 16.7 Å². The Balaban J connectivity index is 2.38. The molecule has 2 fully saturated rings. The summed E-state index contributed by atoms with van der Waals surface area (Å²) in [6, 6.07) is -0.129. The van der Waals surface area contributed by atoms with Gasteiger partial charge in [-0.15, -0.1) is 0 Å². The SMILES string of the molecule is CC(=O)N[C@H]1[C@@]2(C)CCCC(C)(C)[C@@H]2CC[C@]1(C)O. The van der Waals surface area contributed by atoms with Crippen molar-refractivity contribution >= 4 is 5.91 Å². The number of rotatable bonds is 1. The lowest BCUT2D eigenvalue weighted by molar-refractivity contribution is -0.152. The van der Waals surface area contributed by atoms with Crippen LogP contribution in [0.3, 0.4) is 0 Å². The molecule has 2 aliphatic rings. The van der Waals surface area contributed by atoms with Gasteiger partial charge in [-0.05, 0) is 49.4 Å². The minimum atomic E-state index is -0.787. The fourth-order valence-corrected chi connectivity index (χ4v) is 5.05. The Kier molecular flexibility index (Phi) is 3.49. The molecule has 3 nitrogen and oxygen atoms in total. The van der Waals surface area contributed by atoms with Crippen LogP contribution in [0.4, 0.5) is 0 Å². The second kappa shape index (κ2) is 4.47. The third-order valence-corrected chi connectivity index (χ3v) is 5.84. The molecule has 4 atom stereocenters. The molecule has 0 unspecified atom stereocenters. The Labute approximate surface area is 117 Å². The lowest BCUT2D eigenvalue weighted by atomic mass is 9.47. The van der Waals surface area contributed by atoms with Gasteiger partial charge in [0.05, 0.1) is 11.6 Å². The number of hydrogen-bond acceptors (Lipinski definition) is 2. The van der Waals surface area contributed by atoms with Crippen molar-refractivity contribution in [2.45, 2.75) is 78.4 Å². The molecular weight excluding hydrogens is 238 g/mol. The van der Waals surface area contributed by atoms with E-state index in [1.54, 1.807) is 6.92 Å². The van der Waals surface area contributed by atoms with Crippen molar-refractivity contribution < 1.29 is 9.90 Å². The minimum absolute atomic E-state index is 0.00910. The van der Waals surface area contributed by atoms with Crippen LogP contribution < -0.4 is 5.32 Å². The van der Waals surface area contributed by atoms with Gasteiger partial charge in [-0.2, -0.15) is 0 Å². The standard InChI is InChI=1S/C16H29NO2/c1-11(18)17-13-15(4)9-6-8-14(2,3)12(15)7-10-16(13,5)19/h12-13,19H,6-10H2,1-5H3,(H,17,18)/t12-,13-,15-,16-/m0/s1. The molecule has 1 amide bonds. The molecule has 2 rings (SSSR count). The molecule has 3 heteroatoms. The molecule has 0 saturated heterocycles. The molecule has 110 valence electrons. The Morgan fingerprint density at radius 1 is 1.16 bits per heavy atom. The van der Waals surface area contributed by atoms with Gasteiger partial charge >= 0.3 is 0 Å². The van der Waals surface area contributed by atoms with Crippen molar-refractivity contribution in [1.82, 2.24) is 5.32 Å². The van der Waals surface area contributed by atoms with E-state index in [1.807, 2.05) is 6.92 Å². The molecule has 2 N–H and O–H groups in total. The minimum Gasteiger partial charge on any atom is -0.388 e. The van der Waals surface area contributed by atoms with Gasteiger partial charge in [-0.1, -0.05) is 27.2 Å². The van der Waals surface area contributed by atoms with E-state index >= 15 is 0 Å². The molecule has 0 aliphatic heterocycles. The van der Waals surface area contributed by atoms with Gasteiger partial charge in [0, 0.05) is 6.92 Å². The van der Waals surface area contributed by atoms with Crippen molar-refractivity contribution in [1.29, 1.82) is 0 Å². The summed E-state index contributed by atoms with van der Waals surface area (Å²) in [7, 11) is 0. The number of hydrogen-bond donors (Lipinski definition) is 2. The number of carbonyl (C=O) groups excluding carboxylic acids is 1. The summed E-state index contributed by atoms with van der Waals surface area (Å²) in [5.74, 6) is 0.543. The van der Waals surface area contributed by atoms with Crippen LogP contribution in [0, 0.1) is 16.7 Å². The maximum atomic E-state index is 11.6. The molecule has 19 heavy (non-hydrogen) atoms. The average Bonchev–Trinajstić information content (AvgIpc) is 2.22. The zero-order valence-electron chi connectivity index (χ0n) is 13.0. The van der Waals surface area contributed by atoms with Crippen molar-refractivity contribution in [2.75, 3.05) is 0 Å². The molecule has 0 aromatic carbocycles. The van der Waals surface area contributed by atoms with Gasteiger partial charge in [0.2, 0.25) is 5.91 Å². The van der Waals surface area contributed by atoms with Gasteiger partial charge in [-0.25, -0.2) is 0 Å². The highest BCUT2D eigenvalue weighted by atomic mass is 16.3. The zero-order valence-corrected chi connectivity index (χ0v) is 13.0. The quantitative estimate of drug-likeness (QED) is 0.767. The van der Waals surface area contributed by atoms with Gasteiger partial charge in [0.15, 0.2) is 0 Å². The van der Waals surface area contributed by atoms with Crippen LogP contribution in [0.2, 0.25) is 0 Å². The summed E-state index contributed by atoms with van der Waals surface area (Å²) in [6.07, 6.45) is 5.38. The van der Waals surface area contributed by atoms with E-state index in [-0.39, 0.29) is 17.4 Å². The fraction of sp³-hybridized carbons (Fsp3) is 0.938. The lowest BCUT2D eigenvalue weighted by Gasteiger charge is -2.61. The zero-order chi connectivity index (χ0) is 14.5. The van der Waals surface area contributed by atoms with Crippen molar-refractivity contribution in [3.63, 3.8) is 0 Å². The first kappa shape index (κ1) is 14.8. The van der Waals surface area contributed by atoms with Gasteiger partial charge in [0.25, 0.3) is 0 Å². The second-order valence-electron chi connectivity index (χ2n) is 7.93. The third-order valence-electron chi connectivity index (χ3n) is 5.84. The largest absolute Gasteiger partial charge is 0.388 e. The molecule has 0 aromatic heterocycles. The highest BCUT2D eigenvalue weighted by Crippen LogP contribution is 2.59. The Bertz CT molecular complexity index is 375. The first-order valence-corrected chi connectivity index (χ1v) is 7.59. The van der Waals surface area contributed by atoms with Gasteiger partial charge in [-0.3, -0.25) is 4.79 Å². The highest BCUT2D eigenvalue weighted by Gasteiger charge is 2.58. The van der Waals surface area contributed by atoms with Crippen LogP contribution in [0.5, 0.6) is 0 Å². The number of aliphatic hydroxyl groups is 1. The smallest absolute Gasteiger partial charge is 0.217 e. The van der Waals surface area contributed by atoms with Crippen LogP contribution in [0.1, 0.15) is 66.7 Å². The summed E-state index contributed by atoms with van der Waals surface area (Å²) in [5, 5.41) is 13.8. The van der Waals surface area contributed by atoms with Crippen LogP contribution in [0.25, 0.3) is 0 Å². The van der Waals surface area contributed by atoms with E-state index in [0.717, 1.165) is 19.3 Å². The maximum absolute atomic E-state index is 11.6. The number of fused-ring (bicyclic) bond motifs is 1. The molecule has 0 bridgehead atoms. The maximum Gasteiger partial charge on any atom is 0.217 e. The summed E-state index contributed by atoms with van der Waals surface area (Å²) in [5.41, 5.74) is -0.472. The van der Waals surface area contributed by atoms with E-state index in [4.69, 9.17) is 0 Å². The monoisotopic (exact) mass is 267 g/mol. The summed E-state index contributed by atoms with van der Waals surface area (Å²) < 4.78 is 0. The molecule has 0 spiro atoms. The van der Waals surface area contributed by atoms with Gasteiger partial charge < -0.3 is 10.4 Å². The predicted molar refractivity (Wildman–Crippen MR) is 76.7 cm³/mol. The molecule has 0 radical (unpaired) electrons. The summed E-state index contributed by atoms with van der Waals surface area (Å²) >= 11 is 0. The number of amides is 1. The highest BCUT2D eigenvalue weighted by molar-refractivity contribution is 5.73. The van der Waals surface area contributed by atoms with Crippen LogP contribution >= 0.6 is 0 Å². The first-order chi connectivity index (χ1) is 8.59. The topological polar surface area (TPSA) is 49.3 Å². The summed E-state index contributed by atoms with van der Waals surface area (Å²) in [4.78, 5) is 11.6. The van der Waals surface area contributed by atoms with E-state index in [2.05, 4.69) is 26.1 Å². The number of carbonyl (C=O) groups is 1. The molecule has 0 heterocycles. The molecule has 0 aromatic rings. The first-order valence-electron chi connectivity index (χ1n) is 7.59. The second-order valence-corrected chi connectivity index (χ2v) is 7.93. The molecule has 2 saturated carbocycles. The lowest BCUT2D eigenvalue weighted by Crippen LogP contribution is -2.66. The van der Waals surface area contributed by atoms with E-state index in [1.165, 1.54) is 12.8 Å². The van der Waals surface area contributed by atoms with E-state index in [0.29, 0.717) is 11.3 Å². The van der Waals surface area contributed by atoms with Crippen LogP contribution in [-0.2, 0) is 4.79 Å². The predicted octanol–water partition coefficient (Wildman–Crippen LogP) is 2.87. The summed E-state index contributed by atoms with van der Waals surface area (Å²) in [6.45, 7) is 10.4.